The maximum Gasteiger partial charge on any atom is 0.305 e. The lowest BCUT2D eigenvalue weighted by Crippen LogP contribution is -2.63. The van der Waals surface area contributed by atoms with Crippen LogP contribution in [0.3, 0.4) is 0 Å². The number of esters is 4. The summed E-state index contributed by atoms with van der Waals surface area (Å²) in [5, 5.41) is 2.98. The molecule has 0 aromatic rings. The second-order valence-corrected chi connectivity index (χ2v) is 5.87. The molecule has 2 unspecified atom stereocenters. The van der Waals surface area contributed by atoms with Gasteiger partial charge in [-0.1, -0.05) is 0 Å². The van der Waals surface area contributed by atoms with E-state index < -0.39 is 54.6 Å². The third-order valence-electron chi connectivity index (χ3n) is 3.45. The molecule has 1 aliphatic rings. The van der Waals surface area contributed by atoms with E-state index in [1.807, 2.05) is 0 Å². The summed E-state index contributed by atoms with van der Waals surface area (Å²) in [4.78, 5) is 46.1. The number of ether oxygens (including phenoxy) is 5. The average Bonchev–Trinajstić information content (AvgIpc) is 2.52. The Kier molecular flexibility index (Phi) is 9.12. The molecule has 0 saturated carbocycles. The Balaban J connectivity index is 3.23. The van der Waals surface area contributed by atoms with E-state index in [2.05, 4.69) is 5.32 Å². The molecule has 0 aromatic carbocycles. The minimum atomic E-state index is -1.35. The number of carbonyl (C=O) groups excluding carboxylic acids is 4. The third-order valence-corrected chi connectivity index (χ3v) is 3.45. The van der Waals surface area contributed by atoms with Crippen LogP contribution in [-0.4, -0.2) is 74.2 Å². The monoisotopic (exact) mass is 390 g/mol. The van der Waals surface area contributed by atoms with Gasteiger partial charge in [-0.25, -0.2) is 0 Å². The van der Waals surface area contributed by atoms with Gasteiger partial charge in [-0.15, -0.1) is 0 Å². The number of nitrogens with two attached hydrogens (primary N) is 1. The molecule has 154 valence electrons. The maximum atomic E-state index is 11.6. The van der Waals surface area contributed by atoms with Gasteiger partial charge < -0.3 is 34.7 Å². The number of hydrogen-bond acceptors (Lipinski definition) is 11. The fourth-order valence-electron chi connectivity index (χ4n) is 2.62. The van der Waals surface area contributed by atoms with Crippen molar-refractivity contribution in [2.75, 3.05) is 19.6 Å². The Labute approximate surface area is 156 Å². The molecule has 5 atom stereocenters. The van der Waals surface area contributed by atoms with Gasteiger partial charge in [-0.3, -0.25) is 19.2 Å². The molecule has 3 N–H and O–H groups in total. The van der Waals surface area contributed by atoms with E-state index in [0.717, 1.165) is 20.8 Å². The first kappa shape index (κ1) is 22.8. The molecule has 11 heteroatoms. The minimum absolute atomic E-state index is 0.150. The summed E-state index contributed by atoms with van der Waals surface area (Å²) in [7, 11) is 0. The Hall–Kier alpha value is -2.24. The summed E-state index contributed by atoms with van der Waals surface area (Å²) in [6.45, 7) is 5.54. The van der Waals surface area contributed by atoms with Crippen LogP contribution in [0.2, 0.25) is 0 Å². The predicted octanol–water partition coefficient (Wildman–Crippen LogP) is -1.38. The largest absolute Gasteiger partial charge is 0.456 e. The first-order valence-electron chi connectivity index (χ1n) is 8.40. The van der Waals surface area contributed by atoms with Crippen LogP contribution in [0.15, 0.2) is 0 Å². The van der Waals surface area contributed by atoms with E-state index in [4.69, 9.17) is 29.4 Å². The average molecular weight is 390 g/mol. The van der Waals surface area contributed by atoms with Gasteiger partial charge in [-0.2, -0.15) is 0 Å². The quantitative estimate of drug-likeness (QED) is 0.286. The number of nitrogens with one attached hydrogen (secondary N) is 1. The molecule has 27 heavy (non-hydrogen) atoms. The van der Waals surface area contributed by atoms with Gasteiger partial charge in [0, 0.05) is 47.3 Å². The number of carbonyl (C=O) groups is 4. The molecule has 1 fully saturated rings. The zero-order valence-electron chi connectivity index (χ0n) is 15.8. The van der Waals surface area contributed by atoms with Gasteiger partial charge in [0.25, 0.3) is 0 Å². The second-order valence-electron chi connectivity index (χ2n) is 5.87. The van der Waals surface area contributed by atoms with Gasteiger partial charge in [0.05, 0.1) is 0 Å². The topological polar surface area (TPSA) is 152 Å². The van der Waals surface area contributed by atoms with E-state index in [1.165, 1.54) is 6.92 Å². The van der Waals surface area contributed by atoms with Crippen LogP contribution in [0.4, 0.5) is 0 Å². The molecule has 0 aliphatic carbocycles. The lowest BCUT2D eigenvalue weighted by Gasteiger charge is -2.43. The van der Waals surface area contributed by atoms with E-state index >= 15 is 0 Å². The van der Waals surface area contributed by atoms with Crippen LogP contribution in [0.5, 0.6) is 0 Å². The summed E-state index contributed by atoms with van der Waals surface area (Å²) in [6.07, 6.45) is -5.87. The highest BCUT2D eigenvalue weighted by molar-refractivity contribution is 5.69. The highest BCUT2D eigenvalue weighted by Crippen LogP contribution is 2.29. The Morgan fingerprint density at radius 3 is 1.78 bits per heavy atom. The zero-order valence-corrected chi connectivity index (χ0v) is 15.8. The van der Waals surface area contributed by atoms with Crippen LogP contribution in [0, 0.1) is 0 Å². The van der Waals surface area contributed by atoms with E-state index in [-0.39, 0.29) is 6.54 Å². The molecule has 0 amide bonds. The van der Waals surface area contributed by atoms with E-state index in [1.54, 1.807) is 0 Å². The van der Waals surface area contributed by atoms with Crippen LogP contribution in [-0.2, 0) is 42.9 Å². The van der Waals surface area contributed by atoms with E-state index in [0.29, 0.717) is 13.1 Å². The molecule has 0 spiro atoms. The lowest BCUT2D eigenvalue weighted by atomic mass is 9.97. The van der Waals surface area contributed by atoms with Crippen LogP contribution >= 0.6 is 0 Å². The Morgan fingerprint density at radius 1 is 0.815 bits per heavy atom. The smallest absolute Gasteiger partial charge is 0.305 e. The molecule has 0 bridgehead atoms. The molecule has 1 rings (SSSR count). The Bertz CT molecular complexity index is 554. The van der Waals surface area contributed by atoms with Crippen molar-refractivity contribution in [2.24, 2.45) is 5.73 Å². The Morgan fingerprint density at radius 2 is 1.30 bits per heavy atom. The van der Waals surface area contributed by atoms with Gasteiger partial charge >= 0.3 is 23.9 Å². The van der Waals surface area contributed by atoms with Crippen molar-refractivity contribution in [3.8, 4) is 0 Å². The van der Waals surface area contributed by atoms with Gasteiger partial charge in [0.2, 0.25) is 12.4 Å². The van der Waals surface area contributed by atoms with Crippen molar-refractivity contribution in [3.63, 3.8) is 0 Å². The molecule has 0 radical (unpaired) electrons. The summed E-state index contributed by atoms with van der Waals surface area (Å²) in [5.41, 5.74) is 5.44. The summed E-state index contributed by atoms with van der Waals surface area (Å²) in [6, 6.07) is 0. The fourth-order valence-corrected chi connectivity index (χ4v) is 2.62. The predicted molar refractivity (Wildman–Crippen MR) is 89.0 cm³/mol. The van der Waals surface area contributed by atoms with Gasteiger partial charge in [0.1, 0.15) is 6.10 Å². The first-order valence-corrected chi connectivity index (χ1v) is 8.40. The summed E-state index contributed by atoms with van der Waals surface area (Å²) in [5.74, 6) is -2.78. The highest BCUT2D eigenvalue weighted by atomic mass is 16.7. The van der Waals surface area contributed by atoms with Crippen molar-refractivity contribution < 1.29 is 42.9 Å². The zero-order chi connectivity index (χ0) is 20.6. The minimum Gasteiger partial charge on any atom is -0.456 e. The van der Waals surface area contributed by atoms with Crippen LogP contribution in [0.1, 0.15) is 27.7 Å². The molecule has 11 nitrogen and oxygen atoms in total. The molecular weight excluding hydrogens is 364 g/mol. The van der Waals surface area contributed by atoms with Crippen molar-refractivity contribution in [2.45, 2.75) is 58.4 Å². The number of rotatable bonds is 8. The fraction of sp³-hybridized carbons (Fsp3) is 0.750. The van der Waals surface area contributed by atoms with Crippen LogP contribution in [0.25, 0.3) is 0 Å². The molecule has 0 aromatic heterocycles. The second kappa shape index (κ2) is 10.8. The van der Waals surface area contributed by atoms with Gasteiger partial charge in [0.15, 0.2) is 12.2 Å². The molecule has 1 saturated heterocycles. The lowest BCUT2D eigenvalue weighted by molar-refractivity contribution is -0.294. The van der Waals surface area contributed by atoms with Gasteiger partial charge in [-0.05, 0) is 0 Å². The van der Waals surface area contributed by atoms with E-state index in [9.17, 15) is 19.2 Å². The molecular formula is C16H26N2O9. The van der Waals surface area contributed by atoms with Crippen LogP contribution < -0.4 is 11.1 Å². The van der Waals surface area contributed by atoms with Crippen molar-refractivity contribution in [3.05, 3.63) is 0 Å². The van der Waals surface area contributed by atoms with Crippen molar-refractivity contribution in [1.29, 1.82) is 0 Å². The van der Waals surface area contributed by atoms with Crippen molar-refractivity contribution in [1.82, 2.24) is 5.32 Å². The standard InChI is InChI=1S/C16H26N2O9/c1-8(19)23-13-12(7-18-6-5-17)27-16(26-11(4)22)15(25-10(3)21)14(13)24-9(2)20/h12-16,18H,5-7,17H2,1-4H3/t12?,13-,14+,15?,16-/m1/s1. The number of hydrogen-bond donors (Lipinski definition) is 2. The summed E-state index contributed by atoms with van der Waals surface area (Å²) < 4.78 is 26.4. The first-order chi connectivity index (χ1) is 12.6. The SMILES string of the molecule is CC(=O)OC1[C@H](OC(C)=O)OC(CNCCN)[C@@H](OC(C)=O)[C@@H]1OC(C)=O. The third kappa shape index (κ3) is 7.49. The van der Waals surface area contributed by atoms with Crippen molar-refractivity contribution >= 4 is 23.9 Å². The molecule has 1 aliphatic heterocycles. The summed E-state index contributed by atoms with van der Waals surface area (Å²) >= 11 is 0. The normalized spacial score (nSPS) is 27.4. The molecule has 1 heterocycles. The highest BCUT2D eigenvalue weighted by Gasteiger charge is 2.53. The maximum absolute atomic E-state index is 11.6.